The predicted octanol–water partition coefficient (Wildman–Crippen LogP) is 5.29. The Hall–Kier alpha value is -2.11. The zero-order chi connectivity index (χ0) is 19.0. The van der Waals surface area contributed by atoms with Crippen molar-refractivity contribution >= 4 is 32.6 Å². The number of hydrogen-bond donors (Lipinski definition) is 1. The van der Waals surface area contributed by atoms with Crippen LogP contribution in [0, 0.1) is 0 Å². The number of aromatic nitrogens is 1. The van der Waals surface area contributed by atoms with Crippen molar-refractivity contribution in [3.05, 3.63) is 58.2 Å². The lowest BCUT2D eigenvalue weighted by molar-refractivity contribution is 0.101. The van der Waals surface area contributed by atoms with E-state index in [9.17, 15) is 9.90 Å². The number of halogens is 1. The number of phenolic OH excluding ortho intramolecular Hbond substituents is 1. The van der Waals surface area contributed by atoms with Gasteiger partial charge in [-0.1, -0.05) is 22.4 Å². The summed E-state index contributed by atoms with van der Waals surface area (Å²) >= 11 is 3.47. The molecule has 0 saturated carbocycles. The summed E-state index contributed by atoms with van der Waals surface area (Å²) in [4.78, 5) is 14.8. The van der Waals surface area contributed by atoms with Crippen molar-refractivity contribution in [2.45, 2.75) is 32.7 Å². The number of fused-ring (bicyclic) bond motifs is 1. The number of Topliss-reactive ketones (excluding diaryl/α,β-unsaturated/α-hetero) is 1. The molecule has 0 bridgehead atoms. The van der Waals surface area contributed by atoms with Gasteiger partial charge in [0.1, 0.15) is 5.75 Å². The summed E-state index contributed by atoms with van der Waals surface area (Å²) in [6.45, 7) is 4.35. The number of carbonyl (C=O) groups is 1. The zero-order valence-corrected chi connectivity index (χ0v) is 17.0. The monoisotopic (exact) mass is 426 g/mol. The van der Waals surface area contributed by atoms with E-state index in [1.807, 2.05) is 41.1 Å². The van der Waals surface area contributed by atoms with Gasteiger partial charge in [-0.3, -0.25) is 9.69 Å². The van der Waals surface area contributed by atoms with Crippen LogP contribution in [0.3, 0.4) is 0 Å². The van der Waals surface area contributed by atoms with Gasteiger partial charge in [-0.2, -0.15) is 0 Å². The van der Waals surface area contributed by atoms with Gasteiger partial charge in [-0.05, 0) is 69.3 Å². The van der Waals surface area contributed by atoms with Gasteiger partial charge in [-0.25, -0.2) is 0 Å². The van der Waals surface area contributed by atoms with Crippen LogP contribution < -0.4 is 0 Å². The van der Waals surface area contributed by atoms with Gasteiger partial charge < -0.3 is 9.67 Å². The van der Waals surface area contributed by atoms with E-state index in [1.165, 1.54) is 19.3 Å². The Morgan fingerprint density at radius 1 is 1.07 bits per heavy atom. The van der Waals surface area contributed by atoms with Gasteiger partial charge >= 0.3 is 0 Å². The number of nitrogens with zero attached hydrogens (tertiary/aromatic N) is 2. The SMILES string of the molecule is CC(=O)c1cn(-c2ccc(Br)cc2)c2ccc(O)c(CN3CCCCC3)c12. The summed E-state index contributed by atoms with van der Waals surface area (Å²) in [6, 6.07) is 11.7. The number of ketones is 1. The Morgan fingerprint density at radius 2 is 1.78 bits per heavy atom. The summed E-state index contributed by atoms with van der Waals surface area (Å²) in [5, 5.41) is 11.5. The first-order valence-electron chi connectivity index (χ1n) is 9.40. The molecule has 0 radical (unpaired) electrons. The van der Waals surface area contributed by atoms with Crippen LogP contribution in [-0.4, -0.2) is 33.4 Å². The molecule has 1 aliphatic rings. The highest BCUT2D eigenvalue weighted by atomic mass is 79.9. The molecule has 1 aliphatic heterocycles. The highest BCUT2D eigenvalue weighted by Gasteiger charge is 2.21. The number of carbonyl (C=O) groups excluding carboxylic acids is 1. The smallest absolute Gasteiger partial charge is 0.161 e. The average Bonchev–Trinajstić information content (AvgIpc) is 3.06. The Balaban J connectivity index is 1.88. The van der Waals surface area contributed by atoms with Crippen molar-refractivity contribution in [3.63, 3.8) is 0 Å². The lowest BCUT2D eigenvalue weighted by Crippen LogP contribution is -2.29. The molecule has 4 nitrogen and oxygen atoms in total. The van der Waals surface area contributed by atoms with E-state index in [-0.39, 0.29) is 11.5 Å². The van der Waals surface area contributed by atoms with E-state index < -0.39 is 0 Å². The van der Waals surface area contributed by atoms with E-state index in [0.717, 1.165) is 39.7 Å². The molecule has 2 heterocycles. The molecule has 0 atom stereocenters. The van der Waals surface area contributed by atoms with Gasteiger partial charge in [0.15, 0.2) is 5.78 Å². The normalized spacial score (nSPS) is 15.3. The summed E-state index contributed by atoms with van der Waals surface area (Å²) in [7, 11) is 0. The molecule has 0 aliphatic carbocycles. The molecule has 1 fully saturated rings. The molecule has 0 spiro atoms. The fourth-order valence-corrected chi connectivity index (χ4v) is 4.24. The van der Waals surface area contributed by atoms with E-state index in [1.54, 1.807) is 13.0 Å². The largest absolute Gasteiger partial charge is 0.508 e. The molecule has 4 rings (SSSR count). The van der Waals surface area contributed by atoms with E-state index in [0.29, 0.717) is 12.1 Å². The summed E-state index contributed by atoms with van der Waals surface area (Å²) in [5.41, 5.74) is 3.46. The van der Waals surface area contributed by atoms with Crippen LogP contribution in [-0.2, 0) is 6.54 Å². The molecule has 140 valence electrons. The molecule has 27 heavy (non-hydrogen) atoms. The Labute approximate surface area is 167 Å². The summed E-state index contributed by atoms with van der Waals surface area (Å²) < 4.78 is 3.05. The number of rotatable bonds is 4. The zero-order valence-electron chi connectivity index (χ0n) is 15.4. The predicted molar refractivity (Wildman–Crippen MR) is 112 cm³/mol. The lowest BCUT2D eigenvalue weighted by Gasteiger charge is -2.27. The third-order valence-corrected chi connectivity index (χ3v) is 5.90. The van der Waals surface area contributed by atoms with Crippen molar-refractivity contribution < 1.29 is 9.90 Å². The molecule has 3 aromatic rings. The van der Waals surface area contributed by atoms with E-state index in [2.05, 4.69) is 20.8 Å². The molecule has 5 heteroatoms. The minimum Gasteiger partial charge on any atom is -0.508 e. The van der Waals surface area contributed by atoms with Crippen molar-refractivity contribution in [3.8, 4) is 11.4 Å². The van der Waals surface area contributed by atoms with Crippen LogP contribution >= 0.6 is 15.9 Å². The first-order valence-corrected chi connectivity index (χ1v) is 10.2. The summed E-state index contributed by atoms with van der Waals surface area (Å²) in [6.07, 6.45) is 5.55. The third-order valence-electron chi connectivity index (χ3n) is 5.37. The molecule has 1 N–H and O–H groups in total. The fourth-order valence-electron chi connectivity index (χ4n) is 3.97. The standard InChI is InChI=1S/C22H23BrN2O2/c1-15(26)18-14-25(17-7-5-16(23)6-8-17)20-9-10-21(27)19(22(18)20)13-24-11-3-2-4-12-24/h5-10,14,27H,2-4,11-13H2,1H3. The van der Waals surface area contributed by atoms with Crippen LogP contribution in [0.2, 0.25) is 0 Å². The van der Waals surface area contributed by atoms with Gasteiger partial charge in [0.25, 0.3) is 0 Å². The molecule has 1 saturated heterocycles. The molecule has 0 amide bonds. The second kappa shape index (κ2) is 7.49. The van der Waals surface area contributed by atoms with Gasteiger partial charge in [0.2, 0.25) is 0 Å². The van der Waals surface area contributed by atoms with E-state index in [4.69, 9.17) is 0 Å². The van der Waals surface area contributed by atoms with Crippen LogP contribution in [0.4, 0.5) is 0 Å². The first kappa shape index (κ1) is 18.3. The second-order valence-corrected chi connectivity index (χ2v) is 8.16. The van der Waals surface area contributed by atoms with E-state index >= 15 is 0 Å². The van der Waals surface area contributed by atoms with Crippen molar-refractivity contribution in [2.24, 2.45) is 0 Å². The number of benzene rings is 2. The van der Waals surface area contributed by atoms with Crippen molar-refractivity contribution in [2.75, 3.05) is 13.1 Å². The Bertz CT molecular complexity index is 986. The maximum atomic E-state index is 12.4. The molecule has 2 aromatic carbocycles. The maximum Gasteiger partial charge on any atom is 0.161 e. The summed E-state index contributed by atoms with van der Waals surface area (Å²) in [5.74, 6) is 0.283. The van der Waals surface area contributed by atoms with Crippen molar-refractivity contribution in [1.82, 2.24) is 9.47 Å². The molecular formula is C22H23BrN2O2. The van der Waals surface area contributed by atoms with Crippen LogP contribution in [0.5, 0.6) is 5.75 Å². The minimum absolute atomic E-state index is 0.0151. The van der Waals surface area contributed by atoms with Gasteiger partial charge in [0, 0.05) is 39.4 Å². The van der Waals surface area contributed by atoms with Gasteiger partial charge in [0.05, 0.1) is 5.52 Å². The number of aromatic hydroxyl groups is 1. The number of likely N-dealkylation sites (tertiary alicyclic amines) is 1. The van der Waals surface area contributed by atoms with Crippen LogP contribution in [0.15, 0.2) is 47.1 Å². The maximum absolute atomic E-state index is 12.4. The van der Waals surface area contributed by atoms with Crippen LogP contribution in [0.1, 0.15) is 42.1 Å². The second-order valence-electron chi connectivity index (χ2n) is 7.24. The number of hydrogen-bond acceptors (Lipinski definition) is 3. The molecule has 1 aromatic heterocycles. The molecular weight excluding hydrogens is 404 g/mol. The Morgan fingerprint density at radius 3 is 2.44 bits per heavy atom. The van der Waals surface area contributed by atoms with Crippen LogP contribution in [0.25, 0.3) is 16.6 Å². The highest BCUT2D eigenvalue weighted by molar-refractivity contribution is 9.10. The first-order chi connectivity index (χ1) is 13.0. The molecule has 0 unspecified atom stereocenters. The number of phenols is 1. The average molecular weight is 427 g/mol. The Kier molecular flexibility index (Phi) is 5.06. The highest BCUT2D eigenvalue weighted by Crippen LogP contribution is 2.35. The lowest BCUT2D eigenvalue weighted by atomic mass is 10.0. The quantitative estimate of drug-likeness (QED) is 0.576. The topological polar surface area (TPSA) is 45.5 Å². The van der Waals surface area contributed by atoms with Gasteiger partial charge in [-0.15, -0.1) is 0 Å². The minimum atomic E-state index is 0.0151. The number of piperidine rings is 1. The third kappa shape index (κ3) is 3.54. The fraction of sp³-hybridized carbons (Fsp3) is 0.318. The van der Waals surface area contributed by atoms with Crippen molar-refractivity contribution in [1.29, 1.82) is 0 Å².